The van der Waals surface area contributed by atoms with E-state index in [1.165, 1.54) is 45.7 Å². The lowest BCUT2D eigenvalue weighted by atomic mass is 10.2. The predicted octanol–water partition coefficient (Wildman–Crippen LogP) is 1.82. The third-order valence-corrected chi connectivity index (χ3v) is 4.93. The minimum absolute atomic E-state index is 0.147. The van der Waals surface area contributed by atoms with Crippen molar-refractivity contribution in [1.82, 2.24) is 15.1 Å². The minimum atomic E-state index is 0.147. The van der Waals surface area contributed by atoms with E-state index in [1.807, 2.05) is 17.5 Å². The van der Waals surface area contributed by atoms with E-state index in [-0.39, 0.29) is 5.91 Å². The van der Waals surface area contributed by atoms with Gasteiger partial charge in [-0.05, 0) is 37.4 Å². The lowest BCUT2D eigenvalue weighted by Gasteiger charge is -2.33. The maximum Gasteiger partial charge on any atom is 0.225 e. The van der Waals surface area contributed by atoms with Crippen LogP contribution in [-0.2, 0) is 11.2 Å². The second-order valence-electron chi connectivity index (χ2n) is 5.59. The van der Waals surface area contributed by atoms with Crippen molar-refractivity contribution >= 4 is 17.2 Å². The molecule has 0 bridgehead atoms. The maximum absolute atomic E-state index is 11.7. The second kappa shape index (κ2) is 9.18. The van der Waals surface area contributed by atoms with Gasteiger partial charge in [0, 0.05) is 37.6 Å². The SMILES string of the molecule is CCN1CCN(CCCCNC(=O)Cc2cccs2)CC1. The summed E-state index contributed by atoms with van der Waals surface area (Å²) in [6.07, 6.45) is 2.77. The summed E-state index contributed by atoms with van der Waals surface area (Å²) in [5.41, 5.74) is 0. The van der Waals surface area contributed by atoms with E-state index in [2.05, 4.69) is 22.0 Å². The van der Waals surface area contributed by atoms with E-state index in [9.17, 15) is 4.79 Å². The van der Waals surface area contributed by atoms with E-state index in [0.29, 0.717) is 6.42 Å². The summed E-state index contributed by atoms with van der Waals surface area (Å²) < 4.78 is 0. The van der Waals surface area contributed by atoms with Gasteiger partial charge in [-0.2, -0.15) is 0 Å². The Morgan fingerprint density at radius 3 is 2.67 bits per heavy atom. The van der Waals surface area contributed by atoms with Gasteiger partial charge in [-0.15, -0.1) is 11.3 Å². The summed E-state index contributed by atoms with van der Waals surface area (Å²) >= 11 is 1.64. The number of nitrogens with zero attached hydrogens (tertiary/aromatic N) is 2. The molecule has 1 amide bonds. The molecule has 0 aromatic carbocycles. The number of thiophene rings is 1. The van der Waals surface area contributed by atoms with Crippen molar-refractivity contribution in [2.75, 3.05) is 45.8 Å². The summed E-state index contributed by atoms with van der Waals surface area (Å²) in [7, 11) is 0. The van der Waals surface area contributed by atoms with Crippen LogP contribution >= 0.6 is 11.3 Å². The average Bonchev–Trinajstić information content (AvgIpc) is 3.00. The molecule has 1 aromatic heterocycles. The molecule has 0 aliphatic carbocycles. The molecule has 1 N–H and O–H groups in total. The minimum Gasteiger partial charge on any atom is -0.356 e. The van der Waals surface area contributed by atoms with Gasteiger partial charge in [0.05, 0.1) is 6.42 Å². The molecule has 21 heavy (non-hydrogen) atoms. The number of carbonyl (C=O) groups excluding carboxylic acids is 1. The molecule has 2 heterocycles. The lowest BCUT2D eigenvalue weighted by Crippen LogP contribution is -2.46. The van der Waals surface area contributed by atoms with Crippen LogP contribution in [0, 0.1) is 0 Å². The molecule has 1 aliphatic rings. The molecular formula is C16H27N3OS. The molecule has 1 fully saturated rings. The van der Waals surface area contributed by atoms with Crippen molar-refractivity contribution in [2.45, 2.75) is 26.2 Å². The normalized spacial score (nSPS) is 17.0. The standard InChI is InChI=1S/C16H27N3OS/c1-2-18-9-11-19(12-10-18)8-4-3-7-17-16(20)14-15-6-5-13-21-15/h5-6,13H,2-4,7-12,14H2,1H3,(H,17,20). The Bertz CT molecular complexity index is 400. The Hall–Kier alpha value is -0.910. The highest BCUT2D eigenvalue weighted by Gasteiger charge is 2.14. The smallest absolute Gasteiger partial charge is 0.225 e. The molecule has 1 aromatic rings. The fourth-order valence-electron chi connectivity index (χ4n) is 2.65. The summed E-state index contributed by atoms with van der Waals surface area (Å²) in [4.78, 5) is 17.9. The van der Waals surface area contributed by atoms with Crippen LogP contribution in [0.25, 0.3) is 0 Å². The topological polar surface area (TPSA) is 35.6 Å². The molecule has 0 saturated carbocycles. The maximum atomic E-state index is 11.7. The molecule has 1 aliphatic heterocycles. The van der Waals surface area contributed by atoms with Gasteiger partial charge in [0.1, 0.15) is 0 Å². The van der Waals surface area contributed by atoms with Crippen LogP contribution in [0.3, 0.4) is 0 Å². The Labute approximate surface area is 132 Å². The number of unbranched alkanes of at least 4 members (excludes halogenated alkanes) is 1. The molecule has 1 saturated heterocycles. The van der Waals surface area contributed by atoms with Gasteiger partial charge >= 0.3 is 0 Å². The summed E-state index contributed by atoms with van der Waals surface area (Å²) in [6, 6.07) is 4.01. The molecule has 4 nitrogen and oxygen atoms in total. The van der Waals surface area contributed by atoms with Crippen LogP contribution in [0.1, 0.15) is 24.6 Å². The van der Waals surface area contributed by atoms with Crippen LogP contribution in [-0.4, -0.2) is 61.5 Å². The number of carbonyl (C=O) groups is 1. The second-order valence-corrected chi connectivity index (χ2v) is 6.62. The van der Waals surface area contributed by atoms with Crippen molar-refractivity contribution in [1.29, 1.82) is 0 Å². The van der Waals surface area contributed by atoms with E-state index in [0.717, 1.165) is 17.8 Å². The molecule has 2 rings (SSSR count). The number of hydrogen-bond acceptors (Lipinski definition) is 4. The van der Waals surface area contributed by atoms with Crippen molar-refractivity contribution in [2.24, 2.45) is 0 Å². The molecule has 118 valence electrons. The van der Waals surface area contributed by atoms with E-state index >= 15 is 0 Å². The number of hydrogen-bond donors (Lipinski definition) is 1. The highest BCUT2D eigenvalue weighted by atomic mass is 32.1. The Kier molecular flexibility index (Phi) is 7.19. The van der Waals surface area contributed by atoms with Gasteiger partial charge in [0.2, 0.25) is 5.91 Å². The lowest BCUT2D eigenvalue weighted by molar-refractivity contribution is -0.120. The molecule has 0 atom stereocenters. The first-order valence-electron chi connectivity index (χ1n) is 8.01. The zero-order valence-electron chi connectivity index (χ0n) is 13.0. The zero-order chi connectivity index (χ0) is 14.9. The highest BCUT2D eigenvalue weighted by molar-refractivity contribution is 7.10. The summed E-state index contributed by atoms with van der Waals surface area (Å²) in [6.45, 7) is 10.2. The van der Waals surface area contributed by atoms with Gasteiger partial charge in [0.25, 0.3) is 0 Å². The molecule has 0 unspecified atom stereocenters. The third kappa shape index (κ3) is 6.16. The van der Waals surface area contributed by atoms with Gasteiger partial charge < -0.3 is 15.1 Å². The largest absolute Gasteiger partial charge is 0.356 e. The fourth-order valence-corrected chi connectivity index (χ4v) is 3.35. The summed E-state index contributed by atoms with van der Waals surface area (Å²) in [5, 5.41) is 5.03. The molecule has 0 spiro atoms. The van der Waals surface area contributed by atoms with Crippen molar-refractivity contribution in [3.05, 3.63) is 22.4 Å². The van der Waals surface area contributed by atoms with E-state index < -0.39 is 0 Å². The first-order valence-corrected chi connectivity index (χ1v) is 8.89. The Morgan fingerprint density at radius 1 is 1.24 bits per heavy atom. The van der Waals surface area contributed by atoms with Crippen LogP contribution in [0.2, 0.25) is 0 Å². The predicted molar refractivity (Wildman–Crippen MR) is 88.8 cm³/mol. The van der Waals surface area contributed by atoms with Gasteiger partial charge in [-0.25, -0.2) is 0 Å². The highest BCUT2D eigenvalue weighted by Crippen LogP contribution is 2.08. The van der Waals surface area contributed by atoms with Crippen LogP contribution < -0.4 is 5.32 Å². The summed E-state index contributed by atoms with van der Waals surface area (Å²) in [5.74, 6) is 0.147. The number of nitrogens with one attached hydrogen (secondary N) is 1. The zero-order valence-corrected chi connectivity index (χ0v) is 13.8. The Balaban J connectivity index is 1.47. The average molecular weight is 309 g/mol. The first kappa shape index (κ1) is 16.5. The number of piperazine rings is 1. The fraction of sp³-hybridized carbons (Fsp3) is 0.688. The van der Waals surface area contributed by atoms with Crippen LogP contribution in [0.15, 0.2) is 17.5 Å². The van der Waals surface area contributed by atoms with Gasteiger partial charge in [-0.1, -0.05) is 13.0 Å². The first-order chi connectivity index (χ1) is 10.3. The third-order valence-electron chi connectivity index (χ3n) is 4.05. The monoisotopic (exact) mass is 309 g/mol. The molecule has 5 heteroatoms. The van der Waals surface area contributed by atoms with E-state index in [4.69, 9.17) is 0 Å². The number of rotatable bonds is 8. The van der Waals surface area contributed by atoms with Crippen LogP contribution in [0.5, 0.6) is 0 Å². The van der Waals surface area contributed by atoms with Crippen molar-refractivity contribution in [3.63, 3.8) is 0 Å². The number of amides is 1. The van der Waals surface area contributed by atoms with Crippen molar-refractivity contribution in [3.8, 4) is 0 Å². The molecule has 0 radical (unpaired) electrons. The van der Waals surface area contributed by atoms with Gasteiger partial charge in [-0.3, -0.25) is 4.79 Å². The Morgan fingerprint density at radius 2 is 2.00 bits per heavy atom. The van der Waals surface area contributed by atoms with E-state index in [1.54, 1.807) is 11.3 Å². The van der Waals surface area contributed by atoms with Gasteiger partial charge in [0.15, 0.2) is 0 Å². The van der Waals surface area contributed by atoms with Crippen LogP contribution in [0.4, 0.5) is 0 Å². The van der Waals surface area contributed by atoms with Crippen molar-refractivity contribution < 1.29 is 4.79 Å². The quantitative estimate of drug-likeness (QED) is 0.744. The molecular weight excluding hydrogens is 282 g/mol. The number of likely N-dealkylation sites (N-methyl/N-ethyl adjacent to an activating group) is 1.